The number of thioether (sulfide) groups is 1. The zero-order valence-corrected chi connectivity index (χ0v) is 71.1. The van der Waals surface area contributed by atoms with Crippen molar-refractivity contribution in [3.8, 4) is 10.4 Å². The fourth-order valence-corrected chi connectivity index (χ4v) is 20.3. The van der Waals surface area contributed by atoms with Crippen molar-refractivity contribution in [2.75, 3.05) is 154 Å². The Balaban J connectivity index is 0.591. The van der Waals surface area contributed by atoms with Crippen molar-refractivity contribution in [2.45, 2.75) is 137 Å². The molecule has 33 heteroatoms. The molecule has 0 bridgehead atoms. The Bertz CT molecular complexity index is 4740. The number of piperazine rings is 3. The number of sulfonamides is 1. The van der Waals surface area contributed by atoms with Crippen LogP contribution in [0.3, 0.4) is 0 Å². The van der Waals surface area contributed by atoms with Gasteiger partial charge in [0.15, 0.2) is 0 Å². The summed E-state index contributed by atoms with van der Waals surface area (Å²) in [7, 11) is -11.1. The number of aliphatic hydroxyl groups excluding tert-OH is 1. The van der Waals surface area contributed by atoms with Crippen LogP contribution in [0.4, 0.5) is 24.5 Å². The molecular formula is C84H107ClF3N13O12S4. The van der Waals surface area contributed by atoms with Gasteiger partial charge in [0.2, 0.25) is 29.5 Å². The first-order chi connectivity index (χ1) is 55.6. The second kappa shape index (κ2) is 38.6. The summed E-state index contributed by atoms with van der Waals surface area (Å²) in [6.45, 7) is 22.5. The largest absolute Gasteiger partial charge is 0.501 e. The Labute approximate surface area is 697 Å². The van der Waals surface area contributed by atoms with Crippen molar-refractivity contribution in [3.05, 3.63) is 160 Å². The number of benzene rings is 5. The Morgan fingerprint density at radius 3 is 2.04 bits per heavy atom. The lowest BCUT2D eigenvalue weighted by molar-refractivity contribution is -0.144. The number of ether oxygens (including phenoxy) is 1. The third kappa shape index (κ3) is 22.9. The molecule has 0 radical (unpaired) electrons. The summed E-state index contributed by atoms with van der Waals surface area (Å²) in [5, 5.41) is 20.5. The van der Waals surface area contributed by atoms with Crippen molar-refractivity contribution in [1.29, 1.82) is 0 Å². The van der Waals surface area contributed by atoms with Gasteiger partial charge in [-0.05, 0) is 146 Å². The maximum Gasteiger partial charge on any atom is 0.501 e. The number of thiazole rings is 1. The minimum atomic E-state index is -6.12. The summed E-state index contributed by atoms with van der Waals surface area (Å²) in [6.07, 6.45) is 2.71. The number of rotatable bonds is 28. The number of β-amino-alcohol motifs (C(OH)–C–C–N with tert-alkyl or cyclic N) is 1. The molecule has 6 aromatic rings. The Morgan fingerprint density at radius 2 is 1.40 bits per heavy atom. The third-order valence-electron chi connectivity index (χ3n) is 23.1. The van der Waals surface area contributed by atoms with Crippen LogP contribution >= 0.6 is 34.7 Å². The van der Waals surface area contributed by atoms with E-state index >= 15 is 0 Å². The van der Waals surface area contributed by atoms with E-state index < -0.39 is 100 Å². The summed E-state index contributed by atoms with van der Waals surface area (Å²) in [5.74, 6) is -2.49. The molecule has 25 nitrogen and oxygen atoms in total. The third-order valence-corrected chi connectivity index (χ3v) is 28.3. The number of hydrogen-bond donors (Lipinski definition) is 5. The average Bonchev–Trinajstić information content (AvgIpc) is 1.56. The van der Waals surface area contributed by atoms with E-state index in [1.54, 1.807) is 38.8 Å². The molecule has 5 aromatic carbocycles. The number of nitrogens with zero attached hydrogens (tertiary/aromatic N) is 9. The summed E-state index contributed by atoms with van der Waals surface area (Å²) >= 11 is 9.40. The molecule has 6 amide bonds. The van der Waals surface area contributed by atoms with Gasteiger partial charge in [0.1, 0.15) is 23.4 Å². The number of carbonyl (C=O) groups is 6. The molecule has 6 aliphatic rings. The average molecular weight is 1710 g/mol. The predicted molar refractivity (Wildman–Crippen MR) is 448 cm³/mol. The molecule has 12 rings (SSSR count). The normalized spacial score (nSPS) is 20.8. The summed E-state index contributed by atoms with van der Waals surface area (Å²) < 4.78 is 105. The molecular weight excluding hydrogens is 1600 g/mol. The standard InChI is InChI=1S/C84H107ClF3N13O12S4/c1-57(59-13-15-61(16-14-59)77-58(2)89-56-115-77)90-80(107)72-47-67(102)52-101(72)81(108)78(82(3,4)5)92-74(103)53-96-34-40-99(41-35-96)75(104)49-76(105)100-42-36-97(37-43-100)55-83(6)29-27-70(60-17-21-64(85)22-18-60)63(50-83)51-95-32-38-98(39-33-95)66-23-19-62(20-24-66)79(106)93-117(111,112)69-25-26-71(73(48-69)116(109,110)84(86,87)88)91-65(54-114-68-11-8-7-9-12-68)28-31-94-30-10-45-113-46-44-94/h7-9,11-26,48,56-57,65,67,72,78,91,102H,10,27-47,49-55H2,1-6H3,(H,90,107)(H,92,103)(H,93,106)/t57-,65+,67+,72-,78+,83+/m0/s1. The lowest BCUT2D eigenvalue weighted by Crippen LogP contribution is -2.59. The number of hydrogen-bond acceptors (Lipinski definition) is 21. The molecule has 5 fully saturated rings. The van der Waals surface area contributed by atoms with Crippen molar-refractivity contribution in [3.63, 3.8) is 0 Å². The molecule has 6 heterocycles. The van der Waals surface area contributed by atoms with E-state index in [-0.39, 0.29) is 48.7 Å². The fraction of sp³-hybridized carbons (Fsp3) is 0.512. The molecule has 0 spiro atoms. The van der Waals surface area contributed by atoms with Gasteiger partial charge >= 0.3 is 5.51 Å². The first-order valence-electron chi connectivity index (χ1n) is 40.1. The zero-order chi connectivity index (χ0) is 83.6. The van der Waals surface area contributed by atoms with E-state index in [1.165, 1.54) is 39.9 Å². The van der Waals surface area contributed by atoms with Gasteiger partial charge in [0.05, 0.1) is 52.0 Å². The number of amides is 6. The number of aromatic nitrogens is 1. The van der Waals surface area contributed by atoms with Gasteiger partial charge in [-0.15, -0.1) is 23.1 Å². The number of alkyl halides is 3. The second-order valence-corrected chi connectivity index (χ2v) is 38.8. The quantitative estimate of drug-likeness (QED) is 0.0226. The molecule has 0 unspecified atom stereocenters. The van der Waals surface area contributed by atoms with E-state index in [2.05, 4.69) is 59.6 Å². The number of sulfone groups is 1. The van der Waals surface area contributed by atoms with Gasteiger partial charge in [-0.3, -0.25) is 43.5 Å². The van der Waals surface area contributed by atoms with E-state index in [0.29, 0.717) is 128 Å². The first-order valence-corrected chi connectivity index (χ1v) is 45.3. The minimum absolute atomic E-state index is 0.0367. The molecule has 1 aromatic heterocycles. The number of aliphatic hydroxyl groups is 1. The SMILES string of the molecule is Cc1ncsc1-c1ccc([C@H](C)NC(=O)[C@@H]2C[C@@H](O)CN2C(=O)[C@@H](NC(=O)CN2CCN(C(=O)CC(=O)N3CCN(C[C@]4(C)CCC(c5ccc(Cl)cc5)=C(CN5CCN(c6ccc(C(=O)NS(=O)(=O)c7ccc(N[C@H](CCN8CCCOCC8)CSc8ccccc8)c(S(=O)(=O)C(F)(F)F)c7)cc6)CC5)C4)CC3)CC2)C(C)(C)C)cc1. The Morgan fingerprint density at radius 1 is 0.752 bits per heavy atom. The van der Waals surface area contributed by atoms with Crippen LogP contribution in [-0.2, 0) is 48.6 Å². The highest BCUT2D eigenvalue weighted by molar-refractivity contribution is 7.99. The number of aryl methyl sites for hydroxylation is 1. The Kier molecular flexibility index (Phi) is 29.1. The minimum Gasteiger partial charge on any atom is -0.391 e. The molecule has 117 heavy (non-hydrogen) atoms. The lowest BCUT2D eigenvalue weighted by atomic mass is 9.71. The lowest BCUT2D eigenvalue weighted by Gasteiger charge is -2.44. The van der Waals surface area contributed by atoms with Gasteiger partial charge in [0, 0.05) is 164 Å². The number of nitrogens with one attached hydrogen (secondary N) is 4. The van der Waals surface area contributed by atoms with Crippen molar-refractivity contribution >= 4 is 107 Å². The van der Waals surface area contributed by atoms with Crippen LogP contribution in [0, 0.1) is 17.8 Å². The van der Waals surface area contributed by atoms with Gasteiger partial charge in [0.25, 0.3) is 25.8 Å². The highest BCUT2D eigenvalue weighted by atomic mass is 35.5. The predicted octanol–water partition coefficient (Wildman–Crippen LogP) is 9.68. The van der Waals surface area contributed by atoms with Gasteiger partial charge < -0.3 is 50.3 Å². The highest BCUT2D eigenvalue weighted by Crippen LogP contribution is 2.45. The van der Waals surface area contributed by atoms with E-state index in [0.717, 1.165) is 95.3 Å². The second-order valence-electron chi connectivity index (χ2n) is 32.9. The van der Waals surface area contributed by atoms with Crippen LogP contribution in [0.2, 0.25) is 5.02 Å². The number of anilines is 2. The van der Waals surface area contributed by atoms with Gasteiger partial charge in [-0.2, -0.15) is 13.2 Å². The van der Waals surface area contributed by atoms with Crippen LogP contribution in [0.1, 0.15) is 113 Å². The summed E-state index contributed by atoms with van der Waals surface area (Å²) in [4.78, 5) is 103. The number of halogens is 4. The summed E-state index contributed by atoms with van der Waals surface area (Å²) in [5.41, 5.74) is 2.06. The number of likely N-dealkylation sites (tertiary alicyclic amines) is 1. The molecule has 5 saturated heterocycles. The van der Waals surface area contributed by atoms with Crippen LogP contribution in [0.15, 0.2) is 147 Å². The maximum absolute atomic E-state index is 14.5. The van der Waals surface area contributed by atoms with Crippen molar-refractivity contribution in [2.24, 2.45) is 10.8 Å². The van der Waals surface area contributed by atoms with Crippen molar-refractivity contribution in [1.82, 2.24) is 54.6 Å². The van der Waals surface area contributed by atoms with Crippen LogP contribution in [0.25, 0.3) is 16.0 Å². The topological polar surface area (TPSA) is 287 Å². The zero-order valence-electron chi connectivity index (χ0n) is 67.1. The molecule has 6 atom stereocenters. The maximum atomic E-state index is 14.5. The molecule has 0 saturated carbocycles. The van der Waals surface area contributed by atoms with E-state index in [9.17, 15) is 63.9 Å². The van der Waals surface area contributed by atoms with Crippen LogP contribution in [-0.4, -0.2) is 270 Å². The smallest absolute Gasteiger partial charge is 0.391 e. The number of allylic oxidation sites excluding steroid dienone is 1. The monoisotopic (exact) mass is 1710 g/mol. The molecule has 1 aliphatic carbocycles. The number of carbonyl (C=O) groups excluding carboxylic acids is 6. The van der Waals surface area contributed by atoms with Crippen LogP contribution < -0.4 is 25.6 Å². The first kappa shape index (κ1) is 88.3. The van der Waals surface area contributed by atoms with Gasteiger partial charge in [-0.25, -0.2) is 26.5 Å². The van der Waals surface area contributed by atoms with Crippen LogP contribution in [0.5, 0.6) is 0 Å². The fourth-order valence-electron chi connectivity index (χ4n) is 16.4. The summed E-state index contributed by atoms with van der Waals surface area (Å²) in [6, 6.07) is 31.0. The molecule has 5 aliphatic heterocycles. The Hall–Kier alpha value is -8.02. The molecule has 632 valence electrons. The van der Waals surface area contributed by atoms with Gasteiger partial charge in [-0.1, -0.05) is 99.5 Å². The van der Waals surface area contributed by atoms with E-state index in [1.807, 2.05) is 111 Å². The van der Waals surface area contributed by atoms with E-state index in [4.69, 9.17) is 16.3 Å². The molecule has 5 N–H and O–H groups in total. The van der Waals surface area contributed by atoms with Crippen molar-refractivity contribution < 1.29 is 68.6 Å². The highest BCUT2D eigenvalue weighted by Gasteiger charge is 2.49.